The van der Waals surface area contributed by atoms with Gasteiger partial charge in [-0.3, -0.25) is 5.43 Å². The molecule has 0 heterocycles. The third-order valence-corrected chi connectivity index (χ3v) is 4.91. The molecule has 1 aliphatic carbocycles. The summed E-state index contributed by atoms with van der Waals surface area (Å²) in [6.45, 7) is 6.29. The van der Waals surface area contributed by atoms with E-state index in [1.165, 1.54) is 56.1 Å². The first-order valence-corrected chi connectivity index (χ1v) is 10.2. The van der Waals surface area contributed by atoms with Crippen LogP contribution in [-0.4, -0.2) is 18.2 Å². The van der Waals surface area contributed by atoms with E-state index >= 15 is 0 Å². The molecule has 146 valence electrons. The van der Waals surface area contributed by atoms with Crippen LogP contribution in [0.2, 0.25) is 0 Å². The van der Waals surface area contributed by atoms with E-state index in [0.29, 0.717) is 0 Å². The molecule has 0 radical (unpaired) electrons. The number of nitrogens with one attached hydrogen (secondary N) is 2. The Hall–Kier alpha value is -1.55. The van der Waals surface area contributed by atoms with Gasteiger partial charge in [-0.15, -0.1) is 0 Å². The Morgan fingerprint density at radius 2 is 1.81 bits per heavy atom. The predicted octanol–water partition coefficient (Wildman–Crippen LogP) is 5.16. The largest absolute Gasteiger partial charge is 0.443 e. The van der Waals surface area contributed by atoms with Gasteiger partial charge in [-0.1, -0.05) is 56.4 Å². The number of carbonyl (C=O) groups excluding carboxylic acids is 1. The van der Waals surface area contributed by atoms with Crippen molar-refractivity contribution in [3.8, 4) is 0 Å². The fraction of sp³-hybridized carbons (Fsp3) is 0.682. The lowest BCUT2D eigenvalue weighted by molar-refractivity contribution is 0.0498. The summed E-state index contributed by atoms with van der Waals surface area (Å²) in [6.07, 6.45) is 11.2. The third-order valence-electron chi connectivity index (χ3n) is 4.91. The number of ether oxygens (including phenoxy) is 1. The van der Waals surface area contributed by atoms with Crippen LogP contribution in [0.25, 0.3) is 0 Å². The summed E-state index contributed by atoms with van der Waals surface area (Å²) in [5.41, 5.74) is 7.90. The first kappa shape index (κ1) is 20.8. The molecule has 0 spiro atoms. The minimum atomic E-state index is -0.468. The van der Waals surface area contributed by atoms with Crippen LogP contribution in [0.1, 0.15) is 76.8 Å². The van der Waals surface area contributed by atoms with Crippen molar-refractivity contribution in [2.24, 2.45) is 5.92 Å². The highest BCUT2D eigenvalue weighted by molar-refractivity contribution is 5.66. The smallest absolute Gasteiger partial charge is 0.422 e. The molecule has 1 aromatic carbocycles. The van der Waals surface area contributed by atoms with Crippen molar-refractivity contribution < 1.29 is 9.53 Å². The van der Waals surface area contributed by atoms with Gasteiger partial charge in [-0.2, -0.15) is 0 Å². The summed E-state index contributed by atoms with van der Waals surface area (Å²) >= 11 is 0. The van der Waals surface area contributed by atoms with Gasteiger partial charge < -0.3 is 4.74 Å². The molecule has 0 atom stereocenters. The average Bonchev–Trinajstić information content (AvgIpc) is 2.59. The molecule has 1 aliphatic rings. The van der Waals surface area contributed by atoms with Gasteiger partial charge in [0.15, 0.2) is 0 Å². The normalized spacial score (nSPS) is 15.7. The molecule has 1 fully saturated rings. The average molecular weight is 361 g/mol. The summed E-state index contributed by atoms with van der Waals surface area (Å²) < 4.78 is 5.18. The van der Waals surface area contributed by atoms with Crippen molar-refractivity contribution in [3.05, 3.63) is 35.4 Å². The molecule has 26 heavy (non-hydrogen) atoms. The van der Waals surface area contributed by atoms with Gasteiger partial charge in [0, 0.05) is 6.54 Å². The monoisotopic (exact) mass is 360 g/mol. The zero-order valence-electron chi connectivity index (χ0n) is 16.8. The molecule has 2 rings (SSSR count). The molecule has 4 heteroatoms. The van der Waals surface area contributed by atoms with Gasteiger partial charge in [0.1, 0.15) is 5.60 Å². The predicted molar refractivity (Wildman–Crippen MR) is 107 cm³/mol. The molecule has 0 bridgehead atoms. The van der Waals surface area contributed by atoms with Gasteiger partial charge in [-0.05, 0) is 63.5 Å². The lowest BCUT2D eigenvalue weighted by Gasteiger charge is -2.21. The van der Waals surface area contributed by atoms with Crippen LogP contribution in [0.4, 0.5) is 4.79 Å². The van der Waals surface area contributed by atoms with Crippen LogP contribution >= 0.6 is 0 Å². The second kappa shape index (κ2) is 10.6. The minimum Gasteiger partial charge on any atom is -0.443 e. The Morgan fingerprint density at radius 3 is 2.50 bits per heavy atom. The van der Waals surface area contributed by atoms with Crippen molar-refractivity contribution in [2.75, 3.05) is 6.54 Å². The van der Waals surface area contributed by atoms with Crippen LogP contribution in [0.15, 0.2) is 24.3 Å². The number of aryl methyl sites for hydroxylation is 2. The summed E-state index contributed by atoms with van der Waals surface area (Å²) in [5.74, 6) is 0.940. The Bertz CT molecular complexity index is 545. The van der Waals surface area contributed by atoms with Crippen LogP contribution in [0.5, 0.6) is 0 Å². The van der Waals surface area contributed by atoms with E-state index in [1.54, 1.807) is 0 Å². The number of hydrogen-bond acceptors (Lipinski definition) is 3. The summed E-state index contributed by atoms with van der Waals surface area (Å²) in [5, 5.41) is 0. The number of carbonyl (C=O) groups is 1. The molecule has 0 aliphatic heterocycles. The molecule has 0 unspecified atom stereocenters. The molecular formula is C22H36N2O2. The van der Waals surface area contributed by atoms with Gasteiger partial charge in [0.05, 0.1) is 0 Å². The maximum absolute atomic E-state index is 11.5. The standard InChI is InChI=1S/C22H36N2O2/c1-22(2,3)26-21(25)24-23-16-8-13-19-11-7-12-20(17-19)15-14-18-9-5-4-6-10-18/h7,11-12,17-18,23H,4-6,8-10,13-16H2,1-3H3,(H,24,25). The van der Waals surface area contributed by atoms with Gasteiger partial charge in [0.2, 0.25) is 0 Å². The highest BCUT2D eigenvalue weighted by Gasteiger charge is 2.15. The SMILES string of the molecule is CC(C)(C)OC(=O)NNCCCc1cccc(CCC2CCCCC2)c1. The van der Waals surface area contributed by atoms with Crippen LogP contribution in [0, 0.1) is 5.92 Å². The summed E-state index contributed by atoms with van der Waals surface area (Å²) in [6, 6.07) is 8.99. The molecule has 4 nitrogen and oxygen atoms in total. The fourth-order valence-electron chi connectivity index (χ4n) is 3.61. The molecule has 0 aromatic heterocycles. The second-order valence-corrected chi connectivity index (χ2v) is 8.52. The lowest BCUT2D eigenvalue weighted by atomic mass is 9.85. The number of hydrazine groups is 1. The van der Waals surface area contributed by atoms with E-state index in [2.05, 4.69) is 35.1 Å². The van der Waals surface area contributed by atoms with E-state index < -0.39 is 11.7 Å². The van der Waals surface area contributed by atoms with Crippen LogP contribution in [0.3, 0.4) is 0 Å². The van der Waals surface area contributed by atoms with Crippen molar-refractivity contribution in [2.45, 2.75) is 84.2 Å². The molecule has 2 N–H and O–H groups in total. The van der Waals surface area contributed by atoms with Crippen LogP contribution < -0.4 is 10.9 Å². The van der Waals surface area contributed by atoms with Crippen LogP contribution in [-0.2, 0) is 17.6 Å². The van der Waals surface area contributed by atoms with E-state index in [9.17, 15) is 4.79 Å². The first-order valence-electron chi connectivity index (χ1n) is 10.2. The number of rotatable bonds is 8. The summed E-state index contributed by atoms with van der Waals surface area (Å²) in [7, 11) is 0. The van der Waals surface area contributed by atoms with E-state index in [4.69, 9.17) is 4.74 Å². The highest BCUT2D eigenvalue weighted by Crippen LogP contribution is 2.27. The van der Waals surface area contributed by atoms with Crippen molar-refractivity contribution in [3.63, 3.8) is 0 Å². The maximum Gasteiger partial charge on any atom is 0.422 e. The van der Waals surface area contributed by atoms with E-state index in [0.717, 1.165) is 25.3 Å². The fourth-order valence-corrected chi connectivity index (χ4v) is 3.61. The van der Waals surface area contributed by atoms with Gasteiger partial charge in [-0.25, -0.2) is 10.2 Å². The molecule has 0 saturated heterocycles. The first-order chi connectivity index (χ1) is 12.4. The zero-order chi connectivity index (χ0) is 18.8. The molecule has 1 aromatic rings. The van der Waals surface area contributed by atoms with E-state index in [-0.39, 0.29) is 0 Å². The van der Waals surface area contributed by atoms with Crippen molar-refractivity contribution >= 4 is 6.09 Å². The Morgan fingerprint density at radius 1 is 1.12 bits per heavy atom. The number of amides is 1. The lowest BCUT2D eigenvalue weighted by Crippen LogP contribution is -2.41. The number of benzene rings is 1. The van der Waals surface area contributed by atoms with Crippen molar-refractivity contribution in [1.82, 2.24) is 10.9 Å². The zero-order valence-corrected chi connectivity index (χ0v) is 16.8. The highest BCUT2D eigenvalue weighted by atomic mass is 16.6. The van der Waals surface area contributed by atoms with Crippen molar-refractivity contribution in [1.29, 1.82) is 0 Å². The Kier molecular flexibility index (Phi) is 8.43. The quantitative estimate of drug-likeness (QED) is 0.497. The Labute approximate surface area is 159 Å². The molecule has 1 amide bonds. The van der Waals surface area contributed by atoms with Gasteiger partial charge >= 0.3 is 6.09 Å². The third kappa shape index (κ3) is 8.70. The maximum atomic E-state index is 11.5. The van der Waals surface area contributed by atoms with Gasteiger partial charge in [0.25, 0.3) is 0 Å². The summed E-state index contributed by atoms with van der Waals surface area (Å²) in [4.78, 5) is 11.5. The minimum absolute atomic E-state index is 0.429. The Balaban J connectivity index is 1.62. The molecule has 1 saturated carbocycles. The van der Waals surface area contributed by atoms with E-state index in [1.807, 2.05) is 20.8 Å². The number of hydrogen-bond donors (Lipinski definition) is 2. The topological polar surface area (TPSA) is 50.4 Å². The second-order valence-electron chi connectivity index (χ2n) is 8.52. The molecular weight excluding hydrogens is 324 g/mol.